The Morgan fingerprint density at radius 2 is 1.71 bits per heavy atom. The minimum atomic E-state index is -4.02. The van der Waals surface area contributed by atoms with Crippen LogP contribution in [-0.2, 0) is 31.1 Å². The van der Waals surface area contributed by atoms with E-state index in [1.165, 1.54) is 38.9 Å². The van der Waals surface area contributed by atoms with Crippen molar-refractivity contribution in [1.29, 1.82) is 0 Å². The van der Waals surface area contributed by atoms with E-state index in [-0.39, 0.29) is 29.8 Å². The second-order valence-electron chi connectivity index (χ2n) is 15.4. The minimum absolute atomic E-state index is 0.0447. The van der Waals surface area contributed by atoms with Crippen LogP contribution >= 0.6 is 0 Å². The minimum Gasteiger partial charge on any atom is -0.496 e. The van der Waals surface area contributed by atoms with E-state index in [1.54, 1.807) is 14.0 Å². The Balaban J connectivity index is 1.26. The first-order valence-corrected chi connectivity index (χ1v) is 19.7. The first-order chi connectivity index (χ1) is 24.4. The first kappa shape index (κ1) is 34.2. The number of carbonyl (C=O) groups excluding carboxylic acids is 3. The van der Waals surface area contributed by atoms with E-state index >= 15 is 0 Å². The van der Waals surface area contributed by atoms with Crippen LogP contribution < -0.4 is 9.46 Å². The van der Waals surface area contributed by atoms with Gasteiger partial charge in [-0.05, 0) is 66.6 Å². The van der Waals surface area contributed by atoms with Crippen molar-refractivity contribution < 1.29 is 27.5 Å². The molecule has 0 radical (unpaired) electrons. The SMILES string of the molecule is COc1ccc(C2CCCCC2)c2c1cc1n2CC2=C(C(=O)NS(=O)(=O)N(C)C)C2=C2C=CC[C@@H](C(=O)N3CC4CN(C)CC(C3)N4C(C)=O)C21. The number of aromatic nitrogens is 1. The van der Waals surface area contributed by atoms with Gasteiger partial charge in [-0.25, -0.2) is 4.72 Å². The van der Waals surface area contributed by atoms with Crippen LogP contribution in [0.25, 0.3) is 10.9 Å². The van der Waals surface area contributed by atoms with Crippen molar-refractivity contribution in [3.05, 3.63) is 63.9 Å². The number of nitrogens with zero attached hydrogens (tertiary/aromatic N) is 5. The molecule has 2 bridgehead atoms. The molecule has 3 aliphatic heterocycles. The number of methoxy groups -OCH3 is 1. The van der Waals surface area contributed by atoms with Gasteiger partial charge in [0.05, 0.1) is 36.2 Å². The Morgan fingerprint density at radius 1 is 1.00 bits per heavy atom. The van der Waals surface area contributed by atoms with Crippen LogP contribution in [0.2, 0.25) is 0 Å². The normalized spacial score (nSPS) is 26.5. The number of ether oxygens (including phenoxy) is 1. The van der Waals surface area contributed by atoms with E-state index < -0.39 is 22.0 Å². The monoisotopic (exact) mass is 716 g/mol. The standard InChI is InChI=1S/C38H48N6O6S/c1-22(45)44-24-17-41(4)18-25(44)20-42(19-24)38(47)28-13-9-12-27-33(28)31-16-29-32(50-5)15-14-26(23-10-7-6-8-11-23)36(29)43(31)21-30-34(27)35(30)37(46)39-51(48,49)40(2)3/h9,12,14-16,23-25,28,33H,6-8,10-11,13,17-21H2,1-5H3,(H,39,46)/t24?,25?,28-,33?/m1/s1. The number of rotatable bonds is 6. The van der Waals surface area contributed by atoms with Gasteiger partial charge in [-0.1, -0.05) is 37.5 Å². The molecule has 51 heavy (non-hydrogen) atoms. The van der Waals surface area contributed by atoms with Crippen LogP contribution in [-0.4, -0.2) is 116 Å². The molecule has 12 nitrogen and oxygen atoms in total. The van der Waals surface area contributed by atoms with Gasteiger partial charge in [-0.3, -0.25) is 14.4 Å². The van der Waals surface area contributed by atoms with Gasteiger partial charge in [0, 0.05) is 70.7 Å². The maximum absolute atomic E-state index is 14.9. The van der Waals surface area contributed by atoms with Gasteiger partial charge in [-0.2, -0.15) is 12.7 Å². The number of allylic oxidation sites excluding steroid dienone is 4. The number of nitrogens with one attached hydrogen (secondary N) is 1. The summed E-state index contributed by atoms with van der Waals surface area (Å²) in [5.74, 6) is -0.208. The number of piperazine rings is 2. The van der Waals surface area contributed by atoms with Gasteiger partial charge in [0.15, 0.2) is 0 Å². The Morgan fingerprint density at radius 3 is 2.35 bits per heavy atom. The Bertz CT molecular complexity index is 2020. The Hall–Kier alpha value is -3.94. The highest BCUT2D eigenvalue weighted by Crippen LogP contribution is 2.55. The summed E-state index contributed by atoms with van der Waals surface area (Å²) in [6.07, 6.45) is 10.4. The lowest BCUT2D eigenvalue weighted by atomic mass is 9.75. The fraction of sp³-hybridized carbons (Fsp3) is 0.553. The molecule has 0 spiro atoms. The van der Waals surface area contributed by atoms with E-state index in [2.05, 4.69) is 39.4 Å². The third-order valence-electron chi connectivity index (χ3n) is 12.1. The smallest absolute Gasteiger partial charge is 0.303 e. The van der Waals surface area contributed by atoms with E-state index in [1.807, 2.05) is 22.0 Å². The van der Waals surface area contributed by atoms with Crippen molar-refractivity contribution >= 4 is 38.8 Å². The van der Waals surface area contributed by atoms with Gasteiger partial charge in [0.1, 0.15) is 5.75 Å². The fourth-order valence-electron chi connectivity index (χ4n) is 9.84. The van der Waals surface area contributed by atoms with Crippen molar-refractivity contribution in [3.8, 4) is 5.75 Å². The molecule has 2 saturated heterocycles. The number of hydrogen-bond donors (Lipinski definition) is 1. The number of fused-ring (bicyclic) bond motifs is 8. The molecule has 6 aliphatic rings. The van der Waals surface area contributed by atoms with Gasteiger partial charge < -0.3 is 24.0 Å². The molecule has 272 valence electrons. The van der Waals surface area contributed by atoms with Crippen LogP contribution in [0.3, 0.4) is 0 Å². The van der Waals surface area contributed by atoms with Gasteiger partial charge in [0.25, 0.3) is 5.91 Å². The zero-order chi connectivity index (χ0) is 35.9. The summed E-state index contributed by atoms with van der Waals surface area (Å²) in [5, 5.41) is 0.995. The largest absolute Gasteiger partial charge is 0.496 e. The van der Waals surface area contributed by atoms with E-state index in [0.717, 1.165) is 56.2 Å². The molecule has 3 aliphatic carbocycles. The highest BCUT2D eigenvalue weighted by atomic mass is 32.2. The van der Waals surface area contributed by atoms with Crippen molar-refractivity contribution in [2.45, 2.75) is 75.9 Å². The van der Waals surface area contributed by atoms with Gasteiger partial charge >= 0.3 is 10.2 Å². The number of amides is 3. The zero-order valence-electron chi connectivity index (χ0n) is 30.1. The molecule has 1 aromatic heterocycles. The lowest BCUT2D eigenvalue weighted by molar-refractivity contribution is -0.153. The molecule has 13 heteroatoms. The number of benzene rings is 1. The van der Waals surface area contributed by atoms with E-state index in [0.29, 0.717) is 50.6 Å². The van der Waals surface area contributed by atoms with Crippen LogP contribution in [0, 0.1) is 5.92 Å². The first-order valence-electron chi connectivity index (χ1n) is 18.2. The van der Waals surface area contributed by atoms with Gasteiger partial charge in [-0.15, -0.1) is 0 Å². The molecule has 1 aromatic carbocycles. The highest BCUT2D eigenvalue weighted by Gasteiger charge is 2.50. The predicted octanol–water partition coefficient (Wildman–Crippen LogP) is 3.27. The summed E-state index contributed by atoms with van der Waals surface area (Å²) in [5.41, 5.74) is 6.18. The quantitative estimate of drug-likeness (QED) is 0.487. The molecule has 3 unspecified atom stereocenters. The zero-order valence-corrected chi connectivity index (χ0v) is 31.0. The third-order valence-corrected chi connectivity index (χ3v) is 13.5. The summed E-state index contributed by atoms with van der Waals surface area (Å²) < 4.78 is 37.0. The Labute approximate surface area is 299 Å². The van der Waals surface area contributed by atoms with Crippen molar-refractivity contribution in [2.75, 3.05) is 54.4 Å². The molecule has 1 N–H and O–H groups in total. The molecular formula is C38H48N6O6S. The lowest BCUT2D eigenvalue weighted by Gasteiger charge is -2.53. The summed E-state index contributed by atoms with van der Waals surface area (Å²) >= 11 is 0. The molecule has 3 fully saturated rings. The number of hydrogen-bond acceptors (Lipinski definition) is 7. The molecular weight excluding hydrogens is 669 g/mol. The maximum Gasteiger partial charge on any atom is 0.303 e. The molecule has 4 heterocycles. The fourth-order valence-corrected chi connectivity index (χ4v) is 10.4. The Kier molecular flexibility index (Phi) is 8.46. The second kappa shape index (κ2) is 12.6. The number of likely N-dealkylation sites (N-methyl/N-ethyl adjacent to an activating group) is 1. The average molecular weight is 717 g/mol. The molecule has 1 saturated carbocycles. The average Bonchev–Trinajstić information content (AvgIpc) is 3.72. The molecule has 3 amide bonds. The highest BCUT2D eigenvalue weighted by molar-refractivity contribution is 7.87. The molecule has 2 aromatic rings. The van der Waals surface area contributed by atoms with Crippen LogP contribution in [0.15, 0.2) is 52.6 Å². The summed E-state index contributed by atoms with van der Waals surface area (Å²) in [6.45, 7) is 4.38. The maximum atomic E-state index is 14.9. The topological polar surface area (TPSA) is 124 Å². The van der Waals surface area contributed by atoms with E-state index in [9.17, 15) is 22.8 Å². The van der Waals surface area contributed by atoms with Crippen LogP contribution in [0.5, 0.6) is 5.75 Å². The van der Waals surface area contributed by atoms with Crippen molar-refractivity contribution in [2.24, 2.45) is 5.92 Å². The van der Waals surface area contributed by atoms with Crippen LogP contribution in [0.1, 0.15) is 68.5 Å². The summed E-state index contributed by atoms with van der Waals surface area (Å²) in [6, 6.07) is 6.30. The third kappa shape index (κ3) is 5.63. The van der Waals surface area contributed by atoms with Crippen molar-refractivity contribution in [1.82, 2.24) is 28.3 Å². The van der Waals surface area contributed by atoms with E-state index in [4.69, 9.17) is 4.74 Å². The predicted molar refractivity (Wildman–Crippen MR) is 193 cm³/mol. The summed E-state index contributed by atoms with van der Waals surface area (Å²) in [4.78, 5) is 47.5. The molecule has 4 atom stereocenters. The number of carbonyl (C=O) groups is 3. The molecule has 8 rings (SSSR count). The van der Waals surface area contributed by atoms with Crippen molar-refractivity contribution in [3.63, 3.8) is 0 Å². The lowest BCUT2D eigenvalue weighted by Crippen LogP contribution is -2.70. The van der Waals surface area contributed by atoms with Crippen LogP contribution in [0.4, 0.5) is 0 Å². The second-order valence-corrected chi connectivity index (χ2v) is 17.3. The summed E-state index contributed by atoms with van der Waals surface area (Å²) in [7, 11) is 2.51. The van der Waals surface area contributed by atoms with Gasteiger partial charge in [0.2, 0.25) is 11.8 Å².